The minimum absolute atomic E-state index is 0.0626. The van der Waals surface area contributed by atoms with Gasteiger partial charge < -0.3 is 30.3 Å². The third kappa shape index (κ3) is 8.99. The van der Waals surface area contributed by atoms with Crippen LogP contribution >= 0.6 is 0 Å². The molecule has 12 nitrogen and oxygen atoms in total. The van der Waals surface area contributed by atoms with Crippen molar-refractivity contribution in [3.05, 3.63) is 78.0 Å². The Balaban J connectivity index is 1.53. The highest BCUT2D eigenvalue weighted by Crippen LogP contribution is 2.19. The fraction of sp³-hybridized carbons (Fsp3) is 0.355. The predicted octanol–water partition coefficient (Wildman–Crippen LogP) is 3.41. The lowest BCUT2D eigenvalue weighted by Crippen LogP contribution is -2.56. The molecular formula is C31H36N6O6. The van der Waals surface area contributed by atoms with E-state index in [1.807, 2.05) is 60.7 Å². The summed E-state index contributed by atoms with van der Waals surface area (Å²) in [6.45, 7) is 3.58. The number of anilines is 1. The monoisotopic (exact) mass is 588 g/mol. The second kappa shape index (κ2) is 15.3. The van der Waals surface area contributed by atoms with E-state index < -0.39 is 24.0 Å². The molecule has 1 saturated heterocycles. The minimum atomic E-state index is -0.988. The summed E-state index contributed by atoms with van der Waals surface area (Å²) in [6.07, 6.45) is -0.256. The molecular weight excluding hydrogens is 552 g/mol. The van der Waals surface area contributed by atoms with Gasteiger partial charge in [-0.1, -0.05) is 60.7 Å². The molecule has 226 valence electrons. The molecule has 3 aromatic rings. The number of amides is 3. The zero-order valence-electron chi connectivity index (χ0n) is 24.1. The Labute approximate surface area is 250 Å². The molecule has 12 heteroatoms. The highest BCUT2D eigenvalue weighted by atomic mass is 16.6. The van der Waals surface area contributed by atoms with Gasteiger partial charge in [-0.25, -0.2) is 14.8 Å². The summed E-state index contributed by atoms with van der Waals surface area (Å²) in [6, 6.07) is 19.5. The average molecular weight is 589 g/mol. The van der Waals surface area contributed by atoms with E-state index in [0.717, 1.165) is 5.56 Å². The van der Waals surface area contributed by atoms with Gasteiger partial charge in [-0.05, 0) is 25.3 Å². The van der Waals surface area contributed by atoms with Crippen LogP contribution in [-0.2, 0) is 20.9 Å². The Morgan fingerprint density at radius 2 is 1.58 bits per heavy atom. The van der Waals surface area contributed by atoms with Crippen molar-refractivity contribution in [1.29, 1.82) is 0 Å². The number of aromatic nitrogens is 2. The molecule has 0 saturated carbocycles. The quantitative estimate of drug-likeness (QED) is 0.289. The normalized spacial score (nSPS) is 13.6. The van der Waals surface area contributed by atoms with E-state index in [1.54, 1.807) is 11.8 Å². The molecule has 0 radical (unpaired) electrons. The van der Waals surface area contributed by atoms with Crippen LogP contribution in [-0.4, -0.2) is 87.6 Å². The Hall–Kier alpha value is -5.00. The van der Waals surface area contributed by atoms with Crippen LogP contribution in [0.3, 0.4) is 0 Å². The van der Waals surface area contributed by atoms with Crippen LogP contribution in [0.25, 0.3) is 11.4 Å². The van der Waals surface area contributed by atoms with Crippen molar-refractivity contribution in [1.82, 2.24) is 25.1 Å². The van der Waals surface area contributed by atoms with Gasteiger partial charge in [-0.3, -0.25) is 14.4 Å². The van der Waals surface area contributed by atoms with Crippen molar-refractivity contribution in [3.8, 4) is 11.4 Å². The molecule has 1 atom stereocenters. The summed E-state index contributed by atoms with van der Waals surface area (Å²) >= 11 is 0. The minimum Gasteiger partial charge on any atom is -0.481 e. The zero-order chi connectivity index (χ0) is 30.6. The van der Waals surface area contributed by atoms with E-state index in [9.17, 15) is 19.2 Å². The van der Waals surface area contributed by atoms with E-state index in [0.29, 0.717) is 36.8 Å². The molecule has 2 aromatic carbocycles. The van der Waals surface area contributed by atoms with Crippen molar-refractivity contribution in [3.63, 3.8) is 0 Å². The zero-order valence-corrected chi connectivity index (χ0v) is 24.1. The molecule has 3 amide bonds. The van der Waals surface area contributed by atoms with Gasteiger partial charge in [0.15, 0.2) is 5.82 Å². The third-order valence-corrected chi connectivity index (χ3v) is 6.91. The molecule has 43 heavy (non-hydrogen) atoms. The van der Waals surface area contributed by atoms with Gasteiger partial charge in [0.25, 0.3) is 5.91 Å². The molecule has 3 N–H and O–H groups in total. The number of aliphatic carboxylic acids is 1. The Bertz CT molecular complexity index is 1400. The topological polar surface area (TPSA) is 154 Å². The fourth-order valence-electron chi connectivity index (χ4n) is 4.65. The lowest BCUT2D eigenvalue weighted by atomic mass is 10.1. The first-order valence-electron chi connectivity index (χ1n) is 14.3. The second-order valence-corrected chi connectivity index (χ2v) is 9.99. The van der Waals surface area contributed by atoms with Gasteiger partial charge in [0.1, 0.15) is 17.6 Å². The predicted molar refractivity (Wildman–Crippen MR) is 159 cm³/mol. The lowest BCUT2D eigenvalue weighted by molar-refractivity contribution is -0.138. The molecule has 0 unspecified atom stereocenters. The van der Waals surface area contributed by atoms with Crippen LogP contribution in [0.15, 0.2) is 66.7 Å². The summed E-state index contributed by atoms with van der Waals surface area (Å²) in [5.41, 5.74) is 1.81. The SMILES string of the molecule is CCOC(=O)N1CCN(C(=O)[C@H](CCCC(=O)O)NC(=O)c2cc(NCc3ccccc3)nc(-c3ccccc3)n2)CC1. The maximum Gasteiger partial charge on any atom is 0.409 e. The molecule has 0 aliphatic carbocycles. The highest BCUT2D eigenvalue weighted by Gasteiger charge is 2.31. The molecule has 1 aliphatic rings. The first kappa shape index (κ1) is 30.9. The average Bonchev–Trinajstić information content (AvgIpc) is 3.03. The summed E-state index contributed by atoms with van der Waals surface area (Å²) < 4.78 is 5.05. The molecule has 1 aliphatic heterocycles. The molecule has 0 spiro atoms. The fourth-order valence-corrected chi connectivity index (χ4v) is 4.65. The van der Waals surface area contributed by atoms with E-state index in [4.69, 9.17) is 9.84 Å². The number of nitrogens with one attached hydrogen (secondary N) is 2. The number of carbonyl (C=O) groups is 4. The number of rotatable bonds is 12. The van der Waals surface area contributed by atoms with E-state index in [-0.39, 0.29) is 50.6 Å². The number of piperazine rings is 1. The summed E-state index contributed by atoms with van der Waals surface area (Å²) in [5, 5.41) is 15.2. The second-order valence-electron chi connectivity index (χ2n) is 9.99. The van der Waals surface area contributed by atoms with Gasteiger partial charge in [-0.15, -0.1) is 0 Å². The first-order valence-corrected chi connectivity index (χ1v) is 14.3. The van der Waals surface area contributed by atoms with Gasteiger partial charge in [0.05, 0.1) is 6.61 Å². The highest BCUT2D eigenvalue weighted by molar-refractivity contribution is 5.97. The van der Waals surface area contributed by atoms with E-state index in [2.05, 4.69) is 20.6 Å². The molecule has 0 bridgehead atoms. The number of carboxylic acid groups (broad SMARTS) is 1. The molecule has 1 aromatic heterocycles. The summed E-state index contributed by atoms with van der Waals surface area (Å²) in [4.78, 5) is 62.6. The molecule has 2 heterocycles. The number of hydrogen-bond acceptors (Lipinski definition) is 8. The standard InChI is InChI=1S/C31H36N6O6/c1-2-43-31(42)37-18-16-36(17-19-37)30(41)24(14-9-15-27(38)39)34-29(40)25-20-26(32-21-22-10-5-3-6-11-22)35-28(33-25)23-12-7-4-8-13-23/h3-8,10-13,20,24H,2,9,14-19,21H2,1H3,(H,34,40)(H,38,39)(H,32,33,35)/t24-/m0/s1. The van der Waals surface area contributed by atoms with Crippen molar-refractivity contribution in [2.75, 3.05) is 38.1 Å². The largest absolute Gasteiger partial charge is 0.481 e. The number of nitrogens with zero attached hydrogens (tertiary/aromatic N) is 4. The maximum atomic E-state index is 13.6. The van der Waals surface area contributed by atoms with Crippen LogP contribution in [0.5, 0.6) is 0 Å². The summed E-state index contributed by atoms with van der Waals surface area (Å²) in [5.74, 6) is -1.14. The number of hydrogen-bond donors (Lipinski definition) is 3. The Kier molecular flexibility index (Phi) is 11.0. The van der Waals surface area contributed by atoms with Gasteiger partial charge in [-0.2, -0.15) is 0 Å². The Morgan fingerprint density at radius 3 is 2.23 bits per heavy atom. The van der Waals surface area contributed by atoms with E-state index >= 15 is 0 Å². The maximum absolute atomic E-state index is 13.6. The van der Waals surface area contributed by atoms with Crippen LogP contribution in [0.1, 0.15) is 42.2 Å². The van der Waals surface area contributed by atoms with Crippen LogP contribution in [0, 0.1) is 0 Å². The van der Waals surface area contributed by atoms with Crippen molar-refractivity contribution >= 4 is 29.7 Å². The van der Waals surface area contributed by atoms with E-state index in [1.165, 1.54) is 11.0 Å². The van der Waals surface area contributed by atoms with Crippen LogP contribution in [0.4, 0.5) is 10.6 Å². The Morgan fingerprint density at radius 1 is 0.930 bits per heavy atom. The lowest BCUT2D eigenvalue weighted by Gasteiger charge is -2.36. The third-order valence-electron chi connectivity index (χ3n) is 6.91. The van der Waals surface area contributed by atoms with Gasteiger partial charge in [0, 0.05) is 50.8 Å². The van der Waals surface area contributed by atoms with Gasteiger partial charge in [0.2, 0.25) is 5.91 Å². The van der Waals surface area contributed by atoms with Crippen molar-refractivity contribution in [2.45, 2.75) is 38.8 Å². The molecule has 4 rings (SSSR count). The smallest absolute Gasteiger partial charge is 0.409 e. The number of benzene rings is 2. The summed E-state index contributed by atoms with van der Waals surface area (Å²) in [7, 11) is 0. The number of carboxylic acids is 1. The first-order chi connectivity index (χ1) is 20.8. The van der Waals surface area contributed by atoms with Crippen molar-refractivity contribution < 1.29 is 29.0 Å². The van der Waals surface area contributed by atoms with Crippen LogP contribution < -0.4 is 10.6 Å². The van der Waals surface area contributed by atoms with Crippen LogP contribution in [0.2, 0.25) is 0 Å². The number of ether oxygens (including phenoxy) is 1. The number of carbonyl (C=O) groups excluding carboxylic acids is 3. The van der Waals surface area contributed by atoms with Gasteiger partial charge >= 0.3 is 12.1 Å². The van der Waals surface area contributed by atoms with Crippen molar-refractivity contribution in [2.24, 2.45) is 0 Å². The molecule has 1 fully saturated rings.